The molecule has 6 nitrogen and oxygen atoms in total. The summed E-state index contributed by atoms with van der Waals surface area (Å²) in [5.74, 6) is 0.532. The zero-order valence-electron chi connectivity index (χ0n) is 13.7. The number of H-pyrrole nitrogens is 1. The highest BCUT2D eigenvalue weighted by Gasteiger charge is 2.09. The number of nitrogens with zero attached hydrogens (tertiary/aromatic N) is 3. The summed E-state index contributed by atoms with van der Waals surface area (Å²) in [4.78, 5) is 25.3. The van der Waals surface area contributed by atoms with Gasteiger partial charge in [0.2, 0.25) is 5.95 Å². The first-order chi connectivity index (χ1) is 11.7. The molecule has 3 rings (SSSR count). The van der Waals surface area contributed by atoms with E-state index in [2.05, 4.69) is 26.3 Å². The van der Waals surface area contributed by atoms with Gasteiger partial charge in [0.05, 0.1) is 5.69 Å². The smallest absolute Gasteiger partial charge is 0.252 e. The molecule has 0 bridgehead atoms. The van der Waals surface area contributed by atoms with Crippen molar-refractivity contribution in [2.75, 3.05) is 24.3 Å². The van der Waals surface area contributed by atoms with Crippen molar-refractivity contribution in [3.05, 3.63) is 70.8 Å². The average Bonchev–Trinajstić information content (AvgIpc) is 2.62. The van der Waals surface area contributed by atoms with Crippen molar-refractivity contribution in [2.24, 2.45) is 0 Å². The normalized spacial score (nSPS) is 10.4. The molecule has 0 fully saturated rings. The van der Waals surface area contributed by atoms with Gasteiger partial charge in [0.1, 0.15) is 0 Å². The Morgan fingerprint density at radius 3 is 2.71 bits per heavy atom. The van der Waals surface area contributed by atoms with Crippen molar-refractivity contribution in [3.8, 4) is 11.3 Å². The van der Waals surface area contributed by atoms with Crippen molar-refractivity contribution in [1.82, 2.24) is 15.0 Å². The third-order valence-corrected chi connectivity index (χ3v) is 3.70. The van der Waals surface area contributed by atoms with E-state index in [9.17, 15) is 4.79 Å². The first-order valence-electron chi connectivity index (χ1n) is 7.65. The summed E-state index contributed by atoms with van der Waals surface area (Å²) in [6, 6.07) is 13.3. The molecule has 0 unspecified atom stereocenters. The monoisotopic (exact) mass is 321 g/mol. The van der Waals surface area contributed by atoms with Gasteiger partial charge in [0.25, 0.3) is 5.56 Å². The van der Waals surface area contributed by atoms with Crippen LogP contribution in [0.25, 0.3) is 11.3 Å². The number of hydrogen-bond acceptors (Lipinski definition) is 5. The van der Waals surface area contributed by atoms with E-state index in [1.807, 2.05) is 49.3 Å². The summed E-state index contributed by atoms with van der Waals surface area (Å²) in [6.45, 7) is 0.637. The Hall–Kier alpha value is -3.15. The van der Waals surface area contributed by atoms with Gasteiger partial charge in [-0.05, 0) is 29.8 Å². The fraction of sp³-hybridized carbons (Fsp3) is 0.167. The quantitative estimate of drug-likeness (QED) is 0.755. The lowest BCUT2D eigenvalue weighted by Gasteiger charge is -2.18. The first kappa shape index (κ1) is 15.7. The van der Waals surface area contributed by atoms with Crippen LogP contribution in [0.3, 0.4) is 0 Å². The molecule has 0 spiro atoms. The van der Waals surface area contributed by atoms with Crippen LogP contribution in [0.2, 0.25) is 0 Å². The minimum absolute atomic E-state index is 0.178. The predicted octanol–water partition coefficient (Wildman–Crippen LogP) is 2.51. The Balaban J connectivity index is 1.88. The maximum Gasteiger partial charge on any atom is 0.252 e. The second-order valence-electron chi connectivity index (χ2n) is 5.50. The summed E-state index contributed by atoms with van der Waals surface area (Å²) in [6.07, 6.45) is 3.37. The van der Waals surface area contributed by atoms with Crippen LogP contribution in [0.4, 0.5) is 11.6 Å². The number of hydrogen-bond donors (Lipinski definition) is 2. The van der Waals surface area contributed by atoms with Crippen LogP contribution in [-0.4, -0.2) is 29.0 Å². The highest BCUT2D eigenvalue weighted by atomic mass is 16.1. The number of aromatic amines is 1. The van der Waals surface area contributed by atoms with Gasteiger partial charge in [-0.2, -0.15) is 0 Å². The third kappa shape index (κ3) is 3.60. The second-order valence-corrected chi connectivity index (χ2v) is 5.50. The van der Waals surface area contributed by atoms with Gasteiger partial charge in [-0.25, -0.2) is 4.98 Å². The van der Waals surface area contributed by atoms with Crippen molar-refractivity contribution < 1.29 is 0 Å². The molecule has 0 saturated carbocycles. The van der Waals surface area contributed by atoms with E-state index in [1.54, 1.807) is 12.4 Å². The van der Waals surface area contributed by atoms with E-state index < -0.39 is 0 Å². The van der Waals surface area contributed by atoms with Crippen molar-refractivity contribution in [2.45, 2.75) is 6.54 Å². The minimum Gasteiger partial charge on any atom is -0.388 e. The lowest BCUT2D eigenvalue weighted by molar-refractivity contribution is 0.862. The number of rotatable bonds is 5. The Labute approximate surface area is 140 Å². The molecular formula is C18H19N5O. The van der Waals surface area contributed by atoms with Crippen molar-refractivity contribution >= 4 is 11.6 Å². The van der Waals surface area contributed by atoms with E-state index in [4.69, 9.17) is 0 Å². The molecule has 3 aromatic rings. The number of aromatic nitrogens is 3. The Kier molecular flexibility index (Phi) is 4.56. The minimum atomic E-state index is -0.178. The maximum absolute atomic E-state index is 12.0. The summed E-state index contributed by atoms with van der Waals surface area (Å²) in [5, 5.41) is 3.12. The van der Waals surface area contributed by atoms with Crippen molar-refractivity contribution in [3.63, 3.8) is 0 Å². The molecule has 2 N–H and O–H groups in total. The molecule has 24 heavy (non-hydrogen) atoms. The van der Waals surface area contributed by atoms with Gasteiger partial charge in [0.15, 0.2) is 0 Å². The Morgan fingerprint density at radius 1 is 1.17 bits per heavy atom. The Morgan fingerprint density at radius 2 is 1.96 bits per heavy atom. The van der Waals surface area contributed by atoms with Gasteiger partial charge < -0.3 is 10.2 Å². The highest BCUT2D eigenvalue weighted by molar-refractivity contribution is 5.59. The summed E-state index contributed by atoms with van der Waals surface area (Å²) < 4.78 is 0. The molecule has 1 aromatic carbocycles. The van der Waals surface area contributed by atoms with E-state index >= 15 is 0 Å². The van der Waals surface area contributed by atoms with Gasteiger partial charge in [-0.3, -0.25) is 14.8 Å². The molecule has 2 aromatic heterocycles. The SMILES string of the molecule is CNc1cccc(CN(C)c2nc(-c3ccncc3)cc(=O)[nH]2)c1. The maximum atomic E-state index is 12.0. The molecule has 0 radical (unpaired) electrons. The van der Waals surface area contributed by atoms with E-state index in [1.165, 1.54) is 6.07 Å². The standard InChI is InChI=1S/C18H19N5O/c1-19-15-5-3-4-13(10-15)12-23(2)18-21-16(11-17(24)22-18)14-6-8-20-9-7-14/h3-11,19H,12H2,1-2H3,(H,21,22,24). The van der Waals surface area contributed by atoms with E-state index in [0.717, 1.165) is 16.8 Å². The fourth-order valence-corrected chi connectivity index (χ4v) is 2.47. The number of benzene rings is 1. The van der Waals surface area contributed by atoms with E-state index in [-0.39, 0.29) is 5.56 Å². The van der Waals surface area contributed by atoms with Gasteiger partial charge in [0, 0.05) is 50.4 Å². The highest BCUT2D eigenvalue weighted by Crippen LogP contribution is 2.18. The number of pyridine rings is 1. The van der Waals surface area contributed by atoms with Crippen LogP contribution < -0.4 is 15.8 Å². The third-order valence-electron chi connectivity index (χ3n) is 3.70. The molecule has 6 heteroatoms. The average molecular weight is 321 g/mol. The Bertz CT molecular complexity index is 876. The molecule has 0 amide bonds. The predicted molar refractivity (Wildman–Crippen MR) is 96.2 cm³/mol. The molecular weight excluding hydrogens is 302 g/mol. The largest absolute Gasteiger partial charge is 0.388 e. The molecule has 122 valence electrons. The van der Waals surface area contributed by atoms with Gasteiger partial charge in [-0.15, -0.1) is 0 Å². The van der Waals surface area contributed by atoms with Crippen LogP contribution >= 0.6 is 0 Å². The van der Waals surface area contributed by atoms with Crippen LogP contribution in [-0.2, 0) is 6.54 Å². The summed E-state index contributed by atoms with van der Waals surface area (Å²) >= 11 is 0. The molecule has 2 heterocycles. The molecule has 0 saturated heterocycles. The lowest BCUT2D eigenvalue weighted by Crippen LogP contribution is -2.22. The van der Waals surface area contributed by atoms with E-state index in [0.29, 0.717) is 18.2 Å². The van der Waals surface area contributed by atoms with Crippen LogP contribution in [0.5, 0.6) is 0 Å². The van der Waals surface area contributed by atoms with Crippen LogP contribution in [0, 0.1) is 0 Å². The van der Waals surface area contributed by atoms with Crippen LogP contribution in [0.15, 0.2) is 59.7 Å². The molecule has 0 aliphatic rings. The zero-order valence-corrected chi connectivity index (χ0v) is 13.7. The summed E-state index contributed by atoms with van der Waals surface area (Å²) in [7, 11) is 3.79. The van der Waals surface area contributed by atoms with Crippen LogP contribution in [0.1, 0.15) is 5.56 Å². The molecule has 0 atom stereocenters. The number of nitrogens with one attached hydrogen (secondary N) is 2. The zero-order chi connectivity index (χ0) is 16.9. The molecule has 0 aliphatic carbocycles. The fourth-order valence-electron chi connectivity index (χ4n) is 2.47. The topological polar surface area (TPSA) is 73.9 Å². The van der Waals surface area contributed by atoms with Gasteiger partial charge in [-0.1, -0.05) is 12.1 Å². The van der Waals surface area contributed by atoms with Crippen molar-refractivity contribution in [1.29, 1.82) is 0 Å². The molecule has 0 aliphatic heterocycles. The van der Waals surface area contributed by atoms with Gasteiger partial charge >= 0.3 is 0 Å². The second kappa shape index (κ2) is 6.95. The summed E-state index contributed by atoms with van der Waals surface area (Å²) in [5.41, 5.74) is 3.49. The number of anilines is 2. The lowest BCUT2D eigenvalue weighted by atomic mass is 10.2. The first-order valence-corrected chi connectivity index (χ1v) is 7.65.